The molecule has 6 nitrogen and oxygen atoms in total. The fourth-order valence-corrected chi connectivity index (χ4v) is 1.65. The molecule has 0 unspecified atom stereocenters. The number of nitrogen functional groups attached to an aromatic ring is 1. The topological polar surface area (TPSA) is 76.8 Å². The number of carbonyl (C=O) groups excluding carboxylic acids is 1. The van der Waals surface area contributed by atoms with Crippen LogP contribution in [0.3, 0.4) is 0 Å². The van der Waals surface area contributed by atoms with Gasteiger partial charge in [0.2, 0.25) is 0 Å². The lowest BCUT2D eigenvalue weighted by molar-refractivity contribution is 0.0948. The maximum atomic E-state index is 11.6. The Morgan fingerprint density at radius 1 is 1.30 bits per heavy atom. The summed E-state index contributed by atoms with van der Waals surface area (Å²) in [6.07, 6.45) is 0. The first-order valence-corrected chi connectivity index (χ1v) is 6.68. The van der Waals surface area contributed by atoms with E-state index in [4.69, 9.17) is 15.3 Å². The maximum Gasteiger partial charge on any atom is 0.268 e. The number of nitrogens with two attached hydrogens (primary N) is 1. The lowest BCUT2D eigenvalue weighted by Crippen LogP contribution is -2.31. The van der Waals surface area contributed by atoms with Gasteiger partial charge in [-0.3, -0.25) is 10.2 Å². The largest absolute Gasteiger partial charge is 0.491 e. The number of hydrazine groups is 1. The van der Waals surface area contributed by atoms with E-state index in [1.54, 1.807) is 18.2 Å². The summed E-state index contributed by atoms with van der Waals surface area (Å²) in [4.78, 5) is 13.7. The lowest BCUT2D eigenvalue weighted by atomic mass is 10.2. The normalized spacial score (nSPS) is 10.6. The zero-order valence-corrected chi connectivity index (χ0v) is 12.1. The van der Waals surface area contributed by atoms with Crippen molar-refractivity contribution in [3.05, 3.63) is 29.8 Å². The monoisotopic (exact) mass is 281 g/mol. The molecule has 1 aromatic rings. The third-order valence-corrected chi connectivity index (χ3v) is 2.81. The van der Waals surface area contributed by atoms with Crippen molar-refractivity contribution in [1.82, 2.24) is 10.3 Å². The van der Waals surface area contributed by atoms with E-state index in [9.17, 15) is 4.79 Å². The molecule has 0 heterocycles. The van der Waals surface area contributed by atoms with Gasteiger partial charge >= 0.3 is 0 Å². The number of amides is 1. The molecule has 0 saturated heterocycles. The summed E-state index contributed by atoms with van der Waals surface area (Å²) < 4.78 is 10.9. The molecule has 0 saturated carbocycles. The van der Waals surface area contributed by atoms with E-state index in [-0.39, 0.29) is 5.91 Å². The van der Waals surface area contributed by atoms with Gasteiger partial charge in [0.1, 0.15) is 12.4 Å². The molecule has 1 amide bonds. The average molecular weight is 281 g/mol. The molecule has 1 aromatic carbocycles. The molecule has 0 spiro atoms. The van der Waals surface area contributed by atoms with Crippen molar-refractivity contribution in [3.8, 4) is 5.75 Å². The summed E-state index contributed by atoms with van der Waals surface area (Å²) in [6, 6.07) is 7.02. The highest BCUT2D eigenvalue weighted by molar-refractivity contribution is 5.96. The third kappa shape index (κ3) is 5.56. The van der Waals surface area contributed by atoms with E-state index in [0.29, 0.717) is 24.5 Å². The third-order valence-electron chi connectivity index (χ3n) is 2.81. The van der Waals surface area contributed by atoms with Crippen molar-refractivity contribution in [3.63, 3.8) is 0 Å². The summed E-state index contributed by atoms with van der Waals surface area (Å²) in [5.41, 5.74) is 2.55. The van der Waals surface area contributed by atoms with Gasteiger partial charge in [-0.25, -0.2) is 5.84 Å². The van der Waals surface area contributed by atoms with Gasteiger partial charge in [0.15, 0.2) is 0 Å². The zero-order chi connectivity index (χ0) is 14.8. The van der Waals surface area contributed by atoms with Crippen LogP contribution in [-0.4, -0.2) is 50.8 Å². The Morgan fingerprint density at radius 2 is 2.00 bits per heavy atom. The summed E-state index contributed by atoms with van der Waals surface area (Å²) in [5.74, 6) is 5.32. The predicted octanol–water partition coefficient (Wildman–Crippen LogP) is 0.637. The second-order valence-electron chi connectivity index (χ2n) is 4.32. The Bertz CT molecular complexity index is 412. The lowest BCUT2D eigenvalue weighted by Gasteiger charge is -2.17. The van der Waals surface area contributed by atoms with Crippen molar-refractivity contribution in [1.29, 1.82) is 0 Å². The van der Waals surface area contributed by atoms with Crippen LogP contribution in [0.15, 0.2) is 24.3 Å². The predicted molar refractivity (Wildman–Crippen MR) is 77.6 cm³/mol. The zero-order valence-electron chi connectivity index (χ0n) is 12.1. The molecule has 6 heteroatoms. The van der Waals surface area contributed by atoms with E-state index >= 15 is 0 Å². The van der Waals surface area contributed by atoms with Gasteiger partial charge in [-0.05, 0) is 26.1 Å². The number of nitrogens with one attached hydrogen (secondary N) is 1. The van der Waals surface area contributed by atoms with Crippen molar-refractivity contribution in [2.75, 3.05) is 40.0 Å². The Balaban J connectivity index is 2.40. The number of benzene rings is 1. The highest BCUT2D eigenvalue weighted by Gasteiger charge is 2.10. The molecular weight excluding hydrogens is 258 g/mol. The smallest absolute Gasteiger partial charge is 0.268 e. The Hall–Kier alpha value is -1.63. The fourth-order valence-electron chi connectivity index (χ4n) is 1.65. The number of para-hydroxylation sites is 1. The summed E-state index contributed by atoms with van der Waals surface area (Å²) in [5, 5.41) is 0. The molecule has 0 aromatic heterocycles. The van der Waals surface area contributed by atoms with Crippen LogP contribution in [0, 0.1) is 0 Å². The number of rotatable bonds is 9. The van der Waals surface area contributed by atoms with E-state index in [0.717, 1.165) is 19.7 Å². The maximum absolute atomic E-state index is 11.6. The van der Waals surface area contributed by atoms with Crippen LogP contribution >= 0.6 is 0 Å². The number of likely N-dealkylation sites (N-methyl/N-ethyl adjacent to an activating group) is 1. The SMILES string of the molecule is CCOCCN(C)CCOc1ccccc1C(=O)NN. The first-order valence-electron chi connectivity index (χ1n) is 6.68. The first kappa shape index (κ1) is 16.4. The molecule has 0 aliphatic heterocycles. The van der Waals surface area contributed by atoms with E-state index in [1.165, 1.54) is 0 Å². The van der Waals surface area contributed by atoms with Gasteiger partial charge in [-0.15, -0.1) is 0 Å². The number of hydrogen-bond acceptors (Lipinski definition) is 5. The van der Waals surface area contributed by atoms with Gasteiger partial charge in [0.05, 0.1) is 12.2 Å². The van der Waals surface area contributed by atoms with Crippen LogP contribution in [0.1, 0.15) is 17.3 Å². The molecular formula is C14H23N3O3. The molecule has 0 bridgehead atoms. The van der Waals surface area contributed by atoms with E-state index in [2.05, 4.69) is 10.3 Å². The quantitative estimate of drug-likeness (QED) is 0.301. The van der Waals surface area contributed by atoms with Gasteiger partial charge in [-0.2, -0.15) is 0 Å². The molecule has 0 aliphatic carbocycles. The molecule has 3 N–H and O–H groups in total. The van der Waals surface area contributed by atoms with Crippen molar-refractivity contribution >= 4 is 5.91 Å². The summed E-state index contributed by atoms with van der Waals surface area (Å²) in [7, 11) is 2.00. The number of carbonyl (C=O) groups is 1. The molecule has 0 radical (unpaired) electrons. The Kier molecular flexibility index (Phi) is 7.64. The first-order chi connectivity index (χ1) is 9.69. The molecule has 0 atom stereocenters. The van der Waals surface area contributed by atoms with E-state index in [1.807, 2.05) is 20.0 Å². The highest BCUT2D eigenvalue weighted by atomic mass is 16.5. The minimum atomic E-state index is -0.356. The van der Waals surface area contributed by atoms with Crippen molar-refractivity contribution in [2.45, 2.75) is 6.92 Å². The van der Waals surface area contributed by atoms with Crippen LogP contribution < -0.4 is 16.0 Å². The second-order valence-corrected chi connectivity index (χ2v) is 4.32. The molecule has 20 heavy (non-hydrogen) atoms. The Labute approximate surface area is 119 Å². The van der Waals surface area contributed by atoms with Crippen LogP contribution in [-0.2, 0) is 4.74 Å². The van der Waals surface area contributed by atoms with Crippen LogP contribution in [0.5, 0.6) is 5.75 Å². The number of hydrogen-bond donors (Lipinski definition) is 2. The van der Waals surface area contributed by atoms with Crippen LogP contribution in [0.25, 0.3) is 0 Å². The van der Waals surface area contributed by atoms with Gasteiger partial charge < -0.3 is 14.4 Å². The Morgan fingerprint density at radius 3 is 2.70 bits per heavy atom. The van der Waals surface area contributed by atoms with Crippen molar-refractivity contribution in [2.24, 2.45) is 5.84 Å². The number of ether oxygens (including phenoxy) is 2. The highest BCUT2D eigenvalue weighted by Crippen LogP contribution is 2.17. The summed E-state index contributed by atoms with van der Waals surface area (Å²) >= 11 is 0. The molecule has 112 valence electrons. The number of nitrogens with zero attached hydrogens (tertiary/aromatic N) is 1. The minimum Gasteiger partial charge on any atom is -0.491 e. The van der Waals surface area contributed by atoms with Gasteiger partial charge in [0.25, 0.3) is 5.91 Å². The van der Waals surface area contributed by atoms with E-state index < -0.39 is 0 Å². The standard InChI is InChI=1S/C14H23N3O3/c1-3-19-10-8-17(2)9-11-20-13-7-5-4-6-12(13)14(18)16-15/h4-7H,3,8-11,15H2,1-2H3,(H,16,18). The second kappa shape index (κ2) is 9.30. The fraction of sp³-hybridized carbons (Fsp3) is 0.500. The van der Waals surface area contributed by atoms with Gasteiger partial charge in [0, 0.05) is 19.7 Å². The molecule has 0 aliphatic rings. The van der Waals surface area contributed by atoms with Crippen molar-refractivity contribution < 1.29 is 14.3 Å². The molecule has 0 fully saturated rings. The minimum absolute atomic E-state index is 0.356. The summed E-state index contributed by atoms with van der Waals surface area (Å²) in [6.45, 7) is 5.51. The van der Waals surface area contributed by atoms with Crippen LogP contribution in [0.2, 0.25) is 0 Å². The molecule has 1 rings (SSSR count). The van der Waals surface area contributed by atoms with Gasteiger partial charge in [-0.1, -0.05) is 12.1 Å². The average Bonchev–Trinajstić information content (AvgIpc) is 2.47. The van der Waals surface area contributed by atoms with Crippen LogP contribution in [0.4, 0.5) is 0 Å².